The number of rotatable bonds is 6. The molecule has 1 aromatic carbocycles. The molecule has 1 aliphatic heterocycles. The molecule has 0 spiro atoms. The first-order valence-electron chi connectivity index (χ1n) is 10.6. The average molecular weight is 460 g/mol. The lowest BCUT2D eigenvalue weighted by atomic mass is 10.0. The third-order valence-corrected chi connectivity index (χ3v) is 6.07. The highest BCUT2D eigenvalue weighted by atomic mass is 19.1. The van der Waals surface area contributed by atoms with Gasteiger partial charge in [-0.05, 0) is 44.0 Å². The van der Waals surface area contributed by atoms with Crippen LogP contribution >= 0.6 is 0 Å². The van der Waals surface area contributed by atoms with Crippen molar-refractivity contribution in [1.29, 1.82) is 0 Å². The maximum Gasteiger partial charge on any atom is 0.341 e. The summed E-state index contributed by atoms with van der Waals surface area (Å²) in [4.78, 5) is 30.4. The van der Waals surface area contributed by atoms with Gasteiger partial charge in [-0.25, -0.2) is 22.9 Å². The van der Waals surface area contributed by atoms with E-state index >= 15 is 4.39 Å². The smallest absolute Gasteiger partial charge is 0.341 e. The zero-order valence-corrected chi connectivity index (χ0v) is 18.1. The Bertz CT molecular complexity index is 1290. The number of aromatic carboxylic acids is 1. The molecule has 33 heavy (non-hydrogen) atoms. The Morgan fingerprint density at radius 1 is 1.27 bits per heavy atom. The minimum absolute atomic E-state index is 0.00700. The van der Waals surface area contributed by atoms with Crippen molar-refractivity contribution in [3.8, 4) is 5.69 Å². The first-order valence-corrected chi connectivity index (χ1v) is 10.6. The second-order valence-corrected chi connectivity index (χ2v) is 8.15. The second kappa shape index (κ2) is 8.86. The molecule has 0 saturated carbocycles. The summed E-state index contributed by atoms with van der Waals surface area (Å²) in [7, 11) is 0. The molecule has 3 heterocycles. The van der Waals surface area contributed by atoms with Crippen LogP contribution in [0, 0.1) is 23.4 Å². The predicted molar refractivity (Wildman–Crippen MR) is 118 cm³/mol. The molecular weight excluding hydrogens is 437 g/mol. The Hall–Kier alpha value is -3.40. The lowest BCUT2D eigenvalue weighted by molar-refractivity contribution is 0.0695. The fourth-order valence-corrected chi connectivity index (χ4v) is 4.33. The van der Waals surface area contributed by atoms with E-state index in [0.29, 0.717) is 19.2 Å². The Kier molecular flexibility index (Phi) is 6.11. The van der Waals surface area contributed by atoms with Crippen molar-refractivity contribution in [2.24, 2.45) is 5.92 Å². The molecule has 1 saturated heterocycles. The molecule has 10 heteroatoms. The molecule has 0 bridgehead atoms. The molecule has 0 aliphatic carbocycles. The highest BCUT2D eigenvalue weighted by Gasteiger charge is 2.30. The van der Waals surface area contributed by atoms with Crippen LogP contribution in [0.25, 0.3) is 16.7 Å². The lowest BCUT2D eigenvalue weighted by Crippen LogP contribution is -2.35. The van der Waals surface area contributed by atoms with Crippen LogP contribution in [0.1, 0.15) is 30.6 Å². The summed E-state index contributed by atoms with van der Waals surface area (Å²) in [6.45, 7) is 5.95. The molecule has 1 fully saturated rings. The summed E-state index contributed by atoms with van der Waals surface area (Å²) in [5.74, 6) is -3.88. The fraction of sp³-hybridized carbons (Fsp3) is 0.348. The van der Waals surface area contributed by atoms with Crippen LogP contribution in [0.3, 0.4) is 0 Å². The van der Waals surface area contributed by atoms with E-state index in [2.05, 4.69) is 17.2 Å². The van der Waals surface area contributed by atoms with Gasteiger partial charge in [0.1, 0.15) is 17.2 Å². The first-order chi connectivity index (χ1) is 15.7. The number of nitrogens with one attached hydrogen (secondary N) is 1. The summed E-state index contributed by atoms with van der Waals surface area (Å²) >= 11 is 0. The van der Waals surface area contributed by atoms with Gasteiger partial charge in [-0.15, -0.1) is 0 Å². The summed E-state index contributed by atoms with van der Waals surface area (Å²) in [6, 6.07) is 3.89. The summed E-state index contributed by atoms with van der Waals surface area (Å²) in [6.07, 6.45) is 1.74. The number of anilines is 1. The quantitative estimate of drug-likeness (QED) is 0.587. The van der Waals surface area contributed by atoms with Gasteiger partial charge in [0, 0.05) is 31.4 Å². The average Bonchev–Trinajstić information content (AvgIpc) is 3.25. The van der Waals surface area contributed by atoms with E-state index in [9.17, 15) is 23.5 Å². The molecule has 1 aliphatic rings. The van der Waals surface area contributed by atoms with Crippen molar-refractivity contribution in [1.82, 2.24) is 14.9 Å². The zero-order chi connectivity index (χ0) is 23.9. The number of pyridine rings is 2. The fourth-order valence-electron chi connectivity index (χ4n) is 4.33. The largest absolute Gasteiger partial charge is 0.477 e. The number of nitrogens with zero attached hydrogens (tertiary/aromatic N) is 3. The molecule has 0 unspecified atom stereocenters. The molecule has 0 amide bonds. The van der Waals surface area contributed by atoms with Gasteiger partial charge >= 0.3 is 5.97 Å². The van der Waals surface area contributed by atoms with Crippen molar-refractivity contribution in [3.05, 3.63) is 63.7 Å². The molecule has 2 atom stereocenters. The highest BCUT2D eigenvalue weighted by Crippen LogP contribution is 2.29. The Balaban J connectivity index is 1.89. The van der Waals surface area contributed by atoms with Crippen molar-refractivity contribution in [2.75, 3.05) is 24.5 Å². The van der Waals surface area contributed by atoms with E-state index in [1.54, 1.807) is 4.90 Å². The number of carbonyl (C=O) groups is 1. The van der Waals surface area contributed by atoms with Crippen molar-refractivity contribution in [3.63, 3.8) is 0 Å². The van der Waals surface area contributed by atoms with Crippen LogP contribution in [0.2, 0.25) is 0 Å². The van der Waals surface area contributed by atoms with Gasteiger partial charge in [0.2, 0.25) is 5.43 Å². The van der Waals surface area contributed by atoms with E-state index in [0.717, 1.165) is 41.9 Å². The lowest BCUT2D eigenvalue weighted by Gasteiger charge is -2.22. The number of halogens is 3. The maximum atomic E-state index is 15.1. The molecule has 2 aromatic heterocycles. The minimum atomic E-state index is -1.55. The molecule has 4 rings (SSSR count). The molecule has 0 radical (unpaired) electrons. The molecule has 7 nitrogen and oxygen atoms in total. The van der Waals surface area contributed by atoms with Gasteiger partial charge in [0.25, 0.3) is 0 Å². The van der Waals surface area contributed by atoms with Crippen LogP contribution < -0.4 is 15.6 Å². The normalized spacial score (nSPS) is 17.0. The Morgan fingerprint density at radius 3 is 2.70 bits per heavy atom. The van der Waals surface area contributed by atoms with E-state index in [1.165, 1.54) is 0 Å². The molecule has 3 aromatic rings. The van der Waals surface area contributed by atoms with E-state index in [4.69, 9.17) is 0 Å². The van der Waals surface area contributed by atoms with Crippen molar-refractivity contribution >= 4 is 22.8 Å². The maximum absolute atomic E-state index is 15.1. The number of carboxylic acid groups (broad SMARTS) is 1. The number of hydrogen-bond acceptors (Lipinski definition) is 5. The van der Waals surface area contributed by atoms with Crippen LogP contribution in [0.5, 0.6) is 0 Å². The number of aromatic nitrogens is 2. The van der Waals surface area contributed by atoms with Gasteiger partial charge in [0.15, 0.2) is 17.3 Å². The number of carboxylic acids is 1. The van der Waals surface area contributed by atoms with Gasteiger partial charge in [-0.2, -0.15) is 0 Å². The third-order valence-electron chi connectivity index (χ3n) is 6.07. The number of fused-ring (bicyclic) bond motifs is 1. The first kappa shape index (κ1) is 22.8. The topological polar surface area (TPSA) is 87.5 Å². The van der Waals surface area contributed by atoms with E-state index < -0.39 is 34.4 Å². The predicted octanol–water partition coefficient (Wildman–Crippen LogP) is 3.33. The SMILES string of the molecule is CCN[C@H](C)[C@@H]1CCN(c2nc3c(cc2F)c(=O)c(C(=O)O)cn3-c2ccc(F)cc2F)C1. The summed E-state index contributed by atoms with van der Waals surface area (Å²) < 4.78 is 44.2. The van der Waals surface area contributed by atoms with Crippen LogP contribution in [-0.4, -0.2) is 46.3 Å². The second-order valence-electron chi connectivity index (χ2n) is 8.15. The van der Waals surface area contributed by atoms with Gasteiger partial charge < -0.3 is 15.3 Å². The van der Waals surface area contributed by atoms with Crippen LogP contribution in [0.4, 0.5) is 19.0 Å². The van der Waals surface area contributed by atoms with Crippen molar-refractivity contribution < 1.29 is 23.1 Å². The number of hydrogen-bond donors (Lipinski definition) is 2. The van der Waals surface area contributed by atoms with Crippen molar-refractivity contribution in [2.45, 2.75) is 26.3 Å². The zero-order valence-electron chi connectivity index (χ0n) is 18.1. The molecule has 2 N–H and O–H groups in total. The Morgan fingerprint density at radius 2 is 2.03 bits per heavy atom. The summed E-state index contributed by atoms with van der Waals surface area (Å²) in [5.41, 5.74) is -1.95. The standard InChI is InChI=1S/C23H23F3N4O3/c1-3-27-12(2)13-6-7-29(10-13)22-18(26)9-15-20(31)16(23(32)33)11-30(21(15)28-22)19-5-4-14(24)8-17(19)25/h4-5,8-9,11-13,27H,3,6-7,10H2,1-2H3,(H,32,33)/t12-,13-/m1/s1. The highest BCUT2D eigenvalue weighted by molar-refractivity contribution is 5.92. The monoisotopic (exact) mass is 460 g/mol. The van der Waals surface area contributed by atoms with Gasteiger partial charge in [-0.1, -0.05) is 6.92 Å². The van der Waals surface area contributed by atoms with E-state index in [1.807, 2.05) is 6.92 Å². The van der Waals surface area contributed by atoms with Gasteiger partial charge in [0.05, 0.1) is 11.1 Å². The molecule has 174 valence electrons. The Labute approximate surface area is 187 Å². The third kappa shape index (κ3) is 4.18. The minimum Gasteiger partial charge on any atom is -0.477 e. The van der Waals surface area contributed by atoms with Gasteiger partial charge in [-0.3, -0.25) is 9.36 Å². The summed E-state index contributed by atoms with van der Waals surface area (Å²) in [5, 5.41) is 12.5. The van der Waals surface area contributed by atoms with E-state index in [-0.39, 0.29) is 34.5 Å². The van der Waals surface area contributed by atoms with Crippen LogP contribution in [0.15, 0.2) is 35.3 Å². The molecular formula is C23H23F3N4O3. The number of benzene rings is 1. The van der Waals surface area contributed by atoms with Crippen LogP contribution in [-0.2, 0) is 0 Å².